The van der Waals surface area contributed by atoms with Crippen LogP contribution >= 0.6 is 0 Å². The quantitative estimate of drug-likeness (QED) is 0.694. The number of piperidine rings is 1. The van der Waals surface area contributed by atoms with Gasteiger partial charge in [0.15, 0.2) is 0 Å². The molecule has 0 aromatic rings. The van der Waals surface area contributed by atoms with Gasteiger partial charge in [0.1, 0.15) is 0 Å². The molecule has 0 spiro atoms. The summed E-state index contributed by atoms with van der Waals surface area (Å²) in [6.45, 7) is 4.73. The van der Waals surface area contributed by atoms with Crippen molar-refractivity contribution in [3.63, 3.8) is 0 Å². The molecule has 1 rings (SSSR count). The lowest BCUT2D eigenvalue weighted by Crippen LogP contribution is -2.34. The zero-order valence-electron chi connectivity index (χ0n) is 10.9. The third kappa shape index (κ3) is 7.89. The molecular weight excluding hydrogens is 245 g/mol. The van der Waals surface area contributed by atoms with Gasteiger partial charge in [0.2, 0.25) is 0 Å². The van der Waals surface area contributed by atoms with E-state index in [1.807, 2.05) is 0 Å². The van der Waals surface area contributed by atoms with Crippen LogP contribution in [-0.4, -0.2) is 44.6 Å². The molecule has 1 unspecified atom stereocenters. The normalized spacial score (nSPS) is 20.0. The van der Waals surface area contributed by atoms with Crippen LogP contribution in [0.2, 0.25) is 0 Å². The Kier molecular flexibility index (Phi) is 6.96. The van der Waals surface area contributed by atoms with Crippen molar-refractivity contribution in [3.05, 3.63) is 0 Å². The highest BCUT2D eigenvalue weighted by Crippen LogP contribution is 2.21. The van der Waals surface area contributed by atoms with Gasteiger partial charge in [0, 0.05) is 12.6 Å². The maximum atomic E-state index is 12.1. The number of hydrogen-bond donors (Lipinski definition) is 2. The third-order valence-electron chi connectivity index (χ3n) is 2.99. The van der Waals surface area contributed by atoms with Gasteiger partial charge in [0.05, 0.1) is 12.5 Å². The number of rotatable bonds is 7. The highest BCUT2D eigenvalue weighted by Gasteiger charge is 2.29. The number of nitrogens with one attached hydrogen (secondary N) is 2. The van der Waals surface area contributed by atoms with Crippen molar-refractivity contribution >= 4 is 0 Å². The Morgan fingerprint density at radius 1 is 1.33 bits per heavy atom. The molecular formula is C12H23F3N2O. The molecule has 3 nitrogen and oxygen atoms in total. The van der Waals surface area contributed by atoms with Crippen molar-refractivity contribution in [2.45, 2.75) is 50.9 Å². The van der Waals surface area contributed by atoms with Crippen molar-refractivity contribution < 1.29 is 17.9 Å². The van der Waals surface area contributed by atoms with Gasteiger partial charge >= 0.3 is 6.18 Å². The Morgan fingerprint density at radius 2 is 2.00 bits per heavy atom. The Balaban J connectivity index is 1.94. The fourth-order valence-corrected chi connectivity index (χ4v) is 2.05. The van der Waals surface area contributed by atoms with Crippen LogP contribution in [-0.2, 0) is 4.74 Å². The topological polar surface area (TPSA) is 33.3 Å². The first-order chi connectivity index (χ1) is 8.47. The number of alkyl halides is 3. The summed E-state index contributed by atoms with van der Waals surface area (Å²) in [7, 11) is 0. The first kappa shape index (κ1) is 15.7. The van der Waals surface area contributed by atoms with E-state index in [1.165, 1.54) is 0 Å². The zero-order chi connectivity index (χ0) is 13.4. The molecule has 0 aliphatic carbocycles. The smallest absolute Gasteiger partial charge is 0.378 e. The van der Waals surface area contributed by atoms with Crippen LogP contribution in [0, 0.1) is 0 Å². The second-order valence-corrected chi connectivity index (χ2v) is 4.85. The Hall–Kier alpha value is -0.330. The van der Waals surface area contributed by atoms with E-state index >= 15 is 0 Å². The van der Waals surface area contributed by atoms with Gasteiger partial charge < -0.3 is 15.4 Å². The highest BCUT2D eigenvalue weighted by molar-refractivity contribution is 4.68. The van der Waals surface area contributed by atoms with Crippen LogP contribution in [0.5, 0.6) is 0 Å². The summed E-state index contributed by atoms with van der Waals surface area (Å²) in [5, 5.41) is 6.12. The number of ether oxygens (including phenoxy) is 1. The second-order valence-electron chi connectivity index (χ2n) is 4.85. The molecule has 0 amide bonds. The van der Waals surface area contributed by atoms with Crippen molar-refractivity contribution in [1.82, 2.24) is 10.6 Å². The van der Waals surface area contributed by atoms with Gasteiger partial charge in [-0.05, 0) is 45.8 Å². The van der Waals surface area contributed by atoms with Crippen LogP contribution in [0.15, 0.2) is 0 Å². The lowest BCUT2D eigenvalue weighted by Gasteiger charge is -2.23. The van der Waals surface area contributed by atoms with Gasteiger partial charge in [-0.15, -0.1) is 0 Å². The van der Waals surface area contributed by atoms with E-state index in [4.69, 9.17) is 4.74 Å². The zero-order valence-corrected chi connectivity index (χ0v) is 10.9. The molecule has 6 heteroatoms. The van der Waals surface area contributed by atoms with E-state index in [0.717, 1.165) is 32.4 Å². The van der Waals surface area contributed by atoms with Gasteiger partial charge in [-0.2, -0.15) is 13.2 Å². The van der Waals surface area contributed by atoms with Gasteiger partial charge in [-0.1, -0.05) is 0 Å². The standard InChI is InChI=1S/C12H23F3N2O/c1-10(9-12(13,14)15)17-5-2-8-18-11-3-6-16-7-4-11/h10-11,16-17H,2-9H2,1H3. The van der Waals surface area contributed by atoms with Crippen LogP contribution < -0.4 is 10.6 Å². The fourth-order valence-electron chi connectivity index (χ4n) is 2.05. The van der Waals surface area contributed by atoms with E-state index in [0.29, 0.717) is 19.3 Å². The number of hydrogen-bond acceptors (Lipinski definition) is 3. The molecule has 1 heterocycles. The van der Waals surface area contributed by atoms with Crippen molar-refractivity contribution in [1.29, 1.82) is 0 Å². The summed E-state index contributed by atoms with van der Waals surface area (Å²) >= 11 is 0. The van der Waals surface area contributed by atoms with Gasteiger partial charge in [0.25, 0.3) is 0 Å². The van der Waals surface area contributed by atoms with E-state index in [2.05, 4.69) is 10.6 Å². The van der Waals surface area contributed by atoms with Crippen LogP contribution in [0.25, 0.3) is 0 Å². The van der Waals surface area contributed by atoms with E-state index in [-0.39, 0.29) is 0 Å². The molecule has 0 bridgehead atoms. The summed E-state index contributed by atoms with van der Waals surface area (Å²) in [6.07, 6.45) is -1.74. The SMILES string of the molecule is CC(CC(F)(F)F)NCCCOC1CCNCC1. The summed E-state index contributed by atoms with van der Waals surface area (Å²) in [5.74, 6) is 0. The molecule has 0 aromatic heterocycles. The van der Waals surface area contributed by atoms with Crippen molar-refractivity contribution in [2.24, 2.45) is 0 Å². The molecule has 1 atom stereocenters. The van der Waals surface area contributed by atoms with E-state index in [9.17, 15) is 13.2 Å². The summed E-state index contributed by atoms with van der Waals surface area (Å²) in [5.41, 5.74) is 0. The van der Waals surface area contributed by atoms with Crippen LogP contribution in [0.3, 0.4) is 0 Å². The second kappa shape index (κ2) is 7.96. The Morgan fingerprint density at radius 3 is 2.61 bits per heavy atom. The van der Waals surface area contributed by atoms with Crippen LogP contribution in [0.4, 0.5) is 13.2 Å². The van der Waals surface area contributed by atoms with Gasteiger partial charge in [-0.25, -0.2) is 0 Å². The predicted molar refractivity (Wildman–Crippen MR) is 64.6 cm³/mol. The van der Waals surface area contributed by atoms with Crippen molar-refractivity contribution in [3.8, 4) is 0 Å². The molecule has 1 fully saturated rings. The van der Waals surface area contributed by atoms with Crippen molar-refractivity contribution in [2.75, 3.05) is 26.2 Å². The molecule has 0 aromatic carbocycles. The minimum atomic E-state index is -4.09. The maximum absolute atomic E-state index is 12.1. The minimum absolute atomic E-state index is 0.318. The fraction of sp³-hybridized carbons (Fsp3) is 1.00. The minimum Gasteiger partial charge on any atom is -0.378 e. The molecule has 1 aliphatic rings. The average molecular weight is 268 g/mol. The molecule has 108 valence electrons. The summed E-state index contributed by atoms with van der Waals surface area (Å²) in [6, 6.07) is -0.524. The summed E-state index contributed by atoms with van der Waals surface area (Å²) < 4.78 is 41.8. The monoisotopic (exact) mass is 268 g/mol. The molecule has 2 N–H and O–H groups in total. The third-order valence-corrected chi connectivity index (χ3v) is 2.99. The van der Waals surface area contributed by atoms with Gasteiger partial charge in [-0.3, -0.25) is 0 Å². The molecule has 0 radical (unpaired) electrons. The molecule has 0 saturated carbocycles. The maximum Gasteiger partial charge on any atom is 0.390 e. The predicted octanol–water partition coefficient (Wildman–Crippen LogP) is 2.08. The van der Waals surface area contributed by atoms with E-state index < -0.39 is 18.6 Å². The Bertz CT molecular complexity index is 218. The highest BCUT2D eigenvalue weighted by atomic mass is 19.4. The number of halogens is 3. The Labute approximate surface area is 106 Å². The summed E-state index contributed by atoms with van der Waals surface area (Å²) in [4.78, 5) is 0. The molecule has 18 heavy (non-hydrogen) atoms. The molecule has 1 saturated heterocycles. The molecule has 1 aliphatic heterocycles. The lowest BCUT2D eigenvalue weighted by atomic mass is 10.1. The average Bonchev–Trinajstić information content (AvgIpc) is 2.27. The first-order valence-electron chi connectivity index (χ1n) is 6.60. The lowest BCUT2D eigenvalue weighted by molar-refractivity contribution is -0.139. The largest absolute Gasteiger partial charge is 0.390 e. The van der Waals surface area contributed by atoms with Crippen LogP contribution in [0.1, 0.15) is 32.6 Å². The first-order valence-corrected chi connectivity index (χ1v) is 6.60. The van der Waals surface area contributed by atoms with E-state index in [1.54, 1.807) is 6.92 Å².